The Morgan fingerprint density at radius 3 is 1.48 bits per heavy atom. The lowest BCUT2D eigenvalue weighted by molar-refractivity contribution is 1.10. The molecule has 0 amide bonds. The van der Waals surface area contributed by atoms with E-state index in [1.165, 1.54) is 59.8 Å². The molecule has 0 unspecified atom stereocenters. The Morgan fingerprint density at radius 1 is 0.295 bits per heavy atom. The third-order valence-electron chi connectivity index (χ3n) is 12.2. The van der Waals surface area contributed by atoms with Gasteiger partial charge in [0, 0.05) is 22.4 Å². The number of rotatable bonds is 6. The first kappa shape index (κ1) is 34.9. The Hall–Kier alpha value is -8.14. The van der Waals surface area contributed by atoms with Crippen molar-refractivity contribution >= 4 is 54.1 Å². The average Bonchev–Trinajstić information content (AvgIpc) is 3.73. The molecule has 0 aliphatic heterocycles. The van der Waals surface area contributed by atoms with Crippen molar-refractivity contribution in [3.63, 3.8) is 0 Å². The standard InChI is InChI=1S/C58H37N3/c1-2-14-38(15-3-1)39-26-28-41(29-27-39)58-60-54-24-12-13-25-57(54)61(58)45-32-30-40(31-33-45)55-36-44(52-34-42-16-4-6-18-46(42)48-20-8-10-22-50(48)52)37-56(59-55)53-35-43-17-5-7-19-47(43)49-21-9-11-23-51(49)53/h1-37H. The summed E-state index contributed by atoms with van der Waals surface area (Å²) in [5.41, 5.74) is 12.8. The number of aromatic nitrogens is 3. The van der Waals surface area contributed by atoms with Crippen molar-refractivity contribution in [3.05, 3.63) is 224 Å². The summed E-state index contributed by atoms with van der Waals surface area (Å²) in [5, 5.41) is 9.79. The summed E-state index contributed by atoms with van der Waals surface area (Å²) < 4.78 is 2.27. The second kappa shape index (κ2) is 14.3. The summed E-state index contributed by atoms with van der Waals surface area (Å²) in [5.74, 6) is 0.905. The molecule has 0 radical (unpaired) electrons. The maximum absolute atomic E-state index is 5.52. The van der Waals surface area contributed by atoms with Crippen LogP contribution in [-0.2, 0) is 0 Å². The molecule has 0 bridgehead atoms. The average molecular weight is 776 g/mol. The molecule has 0 aliphatic carbocycles. The zero-order valence-corrected chi connectivity index (χ0v) is 33.2. The third kappa shape index (κ3) is 5.98. The van der Waals surface area contributed by atoms with Gasteiger partial charge in [-0.1, -0.05) is 176 Å². The zero-order valence-electron chi connectivity index (χ0n) is 33.2. The van der Waals surface area contributed by atoms with Crippen LogP contribution in [0.25, 0.3) is 116 Å². The van der Waals surface area contributed by atoms with Crippen molar-refractivity contribution in [1.82, 2.24) is 14.5 Å². The van der Waals surface area contributed by atoms with Gasteiger partial charge in [-0.2, -0.15) is 0 Å². The lowest BCUT2D eigenvalue weighted by Gasteiger charge is -2.16. The Balaban J connectivity index is 1.04. The van der Waals surface area contributed by atoms with E-state index in [1.807, 2.05) is 0 Å². The van der Waals surface area contributed by atoms with E-state index in [0.29, 0.717) is 0 Å². The second-order valence-electron chi connectivity index (χ2n) is 15.8. The lowest BCUT2D eigenvalue weighted by Crippen LogP contribution is -1.98. The Bertz CT molecular complexity index is 3480. The summed E-state index contributed by atoms with van der Waals surface area (Å²) in [6.07, 6.45) is 0. The van der Waals surface area contributed by atoms with Crippen LogP contribution >= 0.6 is 0 Å². The van der Waals surface area contributed by atoms with Gasteiger partial charge in [-0.3, -0.25) is 4.57 Å². The van der Waals surface area contributed by atoms with Crippen LogP contribution < -0.4 is 0 Å². The summed E-state index contributed by atoms with van der Waals surface area (Å²) in [6.45, 7) is 0. The zero-order chi connectivity index (χ0) is 40.3. The van der Waals surface area contributed by atoms with Crippen LogP contribution in [0.4, 0.5) is 0 Å². The first-order valence-corrected chi connectivity index (χ1v) is 20.8. The van der Waals surface area contributed by atoms with E-state index in [9.17, 15) is 0 Å². The van der Waals surface area contributed by atoms with Gasteiger partial charge in [-0.05, 0) is 114 Å². The Labute approximate surface area is 353 Å². The van der Waals surface area contributed by atoms with Crippen molar-refractivity contribution in [2.75, 3.05) is 0 Å². The van der Waals surface area contributed by atoms with Crippen molar-refractivity contribution in [3.8, 4) is 61.8 Å². The first-order valence-electron chi connectivity index (χ1n) is 20.8. The van der Waals surface area contributed by atoms with Crippen molar-refractivity contribution in [1.29, 1.82) is 0 Å². The molecule has 0 spiro atoms. The fourth-order valence-electron chi connectivity index (χ4n) is 9.24. The topological polar surface area (TPSA) is 30.7 Å². The minimum absolute atomic E-state index is 0.905. The van der Waals surface area contributed by atoms with E-state index < -0.39 is 0 Å². The molecule has 12 rings (SSSR count). The highest BCUT2D eigenvalue weighted by atomic mass is 15.1. The van der Waals surface area contributed by atoms with E-state index in [0.717, 1.165) is 56.2 Å². The van der Waals surface area contributed by atoms with Gasteiger partial charge in [-0.25, -0.2) is 9.97 Å². The number of hydrogen-bond donors (Lipinski definition) is 0. The van der Waals surface area contributed by atoms with Crippen LogP contribution in [0.2, 0.25) is 0 Å². The predicted molar refractivity (Wildman–Crippen MR) is 256 cm³/mol. The maximum atomic E-state index is 5.52. The highest BCUT2D eigenvalue weighted by Gasteiger charge is 2.18. The molecule has 0 saturated carbocycles. The highest BCUT2D eigenvalue weighted by molar-refractivity contribution is 6.15. The van der Waals surface area contributed by atoms with E-state index >= 15 is 0 Å². The fourth-order valence-corrected chi connectivity index (χ4v) is 9.24. The minimum atomic E-state index is 0.905. The SMILES string of the molecule is c1ccc(-c2ccc(-c3nc4ccccc4n3-c3ccc(-c4cc(-c5cc6ccccc6c6ccccc56)cc(-c5cc6ccccc6c6ccccc56)n4)cc3)cc2)cc1. The predicted octanol–water partition coefficient (Wildman–Crippen LogP) is 15.4. The molecule has 0 atom stereocenters. The van der Waals surface area contributed by atoms with Crippen LogP contribution in [0.3, 0.4) is 0 Å². The van der Waals surface area contributed by atoms with Crippen molar-refractivity contribution < 1.29 is 0 Å². The van der Waals surface area contributed by atoms with E-state index in [-0.39, 0.29) is 0 Å². The van der Waals surface area contributed by atoms with E-state index in [1.54, 1.807) is 0 Å². The number of benzene rings is 10. The molecule has 0 fully saturated rings. The smallest absolute Gasteiger partial charge is 0.145 e. The molecule has 284 valence electrons. The number of para-hydroxylation sites is 2. The largest absolute Gasteiger partial charge is 0.292 e. The quantitative estimate of drug-likeness (QED) is 0.158. The molecule has 2 heterocycles. The summed E-state index contributed by atoms with van der Waals surface area (Å²) in [4.78, 5) is 10.7. The monoisotopic (exact) mass is 775 g/mol. The molecule has 3 nitrogen and oxygen atoms in total. The Morgan fingerprint density at radius 2 is 0.787 bits per heavy atom. The van der Waals surface area contributed by atoms with Crippen LogP contribution in [-0.4, -0.2) is 14.5 Å². The van der Waals surface area contributed by atoms with E-state index in [2.05, 4.69) is 229 Å². The molecule has 10 aromatic carbocycles. The summed E-state index contributed by atoms with van der Waals surface area (Å²) in [6, 6.07) is 80.5. The van der Waals surface area contributed by atoms with Gasteiger partial charge in [-0.15, -0.1) is 0 Å². The molecule has 3 heteroatoms. The number of fused-ring (bicyclic) bond motifs is 7. The first-order chi connectivity index (χ1) is 30.2. The minimum Gasteiger partial charge on any atom is -0.292 e. The van der Waals surface area contributed by atoms with Gasteiger partial charge in [0.05, 0.1) is 22.4 Å². The third-order valence-corrected chi connectivity index (χ3v) is 12.2. The molecular weight excluding hydrogens is 739 g/mol. The van der Waals surface area contributed by atoms with Crippen LogP contribution in [0.5, 0.6) is 0 Å². The summed E-state index contributed by atoms with van der Waals surface area (Å²) >= 11 is 0. The Kier molecular flexibility index (Phi) is 8.17. The molecule has 2 aromatic heterocycles. The van der Waals surface area contributed by atoms with Gasteiger partial charge in [0.15, 0.2) is 0 Å². The van der Waals surface area contributed by atoms with Crippen molar-refractivity contribution in [2.45, 2.75) is 0 Å². The van der Waals surface area contributed by atoms with Crippen LogP contribution in [0.1, 0.15) is 0 Å². The fraction of sp³-hybridized carbons (Fsp3) is 0. The number of hydrogen-bond acceptors (Lipinski definition) is 2. The molecular formula is C58H37N3. The number of nitrogens with zero attached hydrogens (tertiary/aromatic N) is 3. The normalized spacial score (nSPS) is 11.6. The lowest BCUT2D eigenvalue weighted by atomic mass is 9.91. The van der Waals surface area contributed by atoms with Gasteiger partial charge in [0.1, 0.15) is 5.82 Å². The number of imidazole rings is 1. The van der Waals surface area contributed by atoms with Crippen LogP contribution in [0.15, 0.2) is 224 Å². The summed E-state index contributed by atoms with van der Waals surface area (Å²) in [7, 11) is 0. The van der Waals surface area contributed by atoms with Gasteiger partial charge in [0.25, 0.3) is 0 Å². The van der Waals surface area contributed by atoms with Gasteiger partial charge < -0.3 is 0 Å². The molecule has 0 aliphatic rings. The molecule has 0 N–H and O–H groups in total. The molecule has 61 heavy (non-hydrogen) atoms. The highest BCUT2D eigenvalue weighted by Crippen LogP contribution is 2.41. The van der Waals surface area contributed by atoms with Crippen LogP contribution in [0, 0.1) is 0 Å². The molecule has 12 aromatic rings. The van der Waals surface area contributed by atoms with E-state index in [4.69, 9.17) is 9.97 Å². The van der Waals surface area contributed by atoms with Crippen molar-refractivity contribution in [2.24, 2.45) is 0 Å². The van der Waals surface area contributed by atoms with Gasteiger partial charge in [0.2, 0.25) is 0 Å². The maximum Gasteiger partial charge on any atom is 0.145 e. The van der Waals surface area contributed by atoms with Gasteiger partial charge >= 0.3 is 0 Å². The number of pyridine rings is 1. The molecule has 0 saturated heterocycles. The second-order valence-corrected chi connectivity index (χ2v) is 15.8.